The lowest BCUT2D eigenvalue weighted by Gasteiger charge is -2.46. The van der Waals surface area contributed by atoms with Gasteiger partial charge in [-0.2, -0.15) is 0 Å². The van der Waals surface area contributed by atoms with Gasteiger partial charge in [-0.05, 0) is 64.7 Å². The Hall–Kier alpha value is -6.32. The molecule has 4 unspecified atom stereocenters. The second kappa shape index (κ2) is 23.1. The zero-order valence-electron chi connectivity index (χ0n) is 41.7. The van der Waals surface area contributed by atoms with E-state index >= 15 is 0 Å². The van der Waals surface area contributed by atoms with Crippen molar-refractivity contribution in [2.75, 3.05) is 117 Å². The SMILES string of the molecule is COc1ccc(CC2c3cc(OC)c(OC)cc3CC[N+]2(C)CCCOC(=O)/C=C\C(=O)OCCC[N+]2(C)CCc3cc(OC)c(OC)c(OC)c3C2Cc2ccc(OC)c(OC)c2)cc1OC. The highest BCUT2D eigenvalue weighted by atomic mass is 16.5. The lowest BCUT2D eigenvalue weighted by molar-refractivity contribution is -0.941. The Labute approximate surface area is 401 Å². The maximum atomic E-state index is 12.9. The number of carbonyl (C=O) groups excluding carboxylic acids is 2. The summed E-state index contributed by atoms with van der Waals surface area (Å²) in [7, 11) is 19.2. The molecule has 0 aromatic heterocycles. The summed E-state index contributed by atoms with van der Waals surface area (Å²) in [5.41, 5.74) is 6.78. The fourth-order valence-corrected chi connectivity index (χ4v) is 10.1. The van der Waals surface area contributed by atoms with Crippen molar-refractivity contribution in [2.45, 2.75) is 50.6 Å². The molecule has 4 aromatic carbocycles. The number of fused-ring (bicyclic) bond motifs is 2. The summed E-state index contributed by atoms with van der Waals surface area (Å²) in [5, 5.41) is 0. The Balaban J connectivity index is 1.06. The first-order valence-corrected chi connectivity index (χ1v) is 23.0. The molecule has 68 heavy (non-hydrogen) atoms. The van der Waals surface area contributed by atoms with Crippen LogP contribution < -0.4 is 42.6 Å². The van der Waals surface area contributed by atoms with E-state index in [1.807, 2.05) is 30.3 Å². The predicted octanol–water partition coefficient (Wildman–Crippen LogP) is 7.46. The van der Waals surface area contributed by atoms with Crippen LogP contribution in [0.1, 0.15) is 58.3 Å². The van der Waals surface area contributed by atoms with E-state index in [2.05, 4.69) is 38.4 Å². The number of esters is 2. The molecule has 0 amide bonds. The summed E-state index contributed by atoms with van der Waals surface area (Å²) in [5.74, 6) is 4.64. The number of rotatable bonds is 23. The first kappa shape index (κ1) is 51.1. The van der Waals surface area contributed by atoms with Gasteiger partial charge in [0.2, 0.25) is 5.75 Å². The lowest BCUT2D eigenvalue weighted by atomic mass is 9.85. The van der Waals surface area contributed by atoms with E-state index in [0.29, 0.717) is 86.5 Å². The molecule has 0 bridgehead atoms. The fraction of sp³-hybridized carbons (Fsp3) is 0.472. The minimum atomic E-state index is -0.607. The van der Waals surface area contributed by atoms with E-state index < -0.39 is 11.9 Å². The summed E-state index contributed by atoms with van der Waals surface area (Å²) < 4.78 is 63.9. The van der Waals surface area contributed by atoms with Crippen LogP contribution in [0.2, 0.25) is 0 Å². The van der Waals surface area contributed by atoms with Crippen LogP contribution in [0.4, 0.5) is 0 Å². The molecule has 4 aromatic rings. The Bertz CT molecular complexity index is 2420. The number of benzene rings is 4. The third kappa shape index (κ3) is 11.3. The molecule has 0 fully saturated rings. The molecular formula is C53H70N2O13+2. The van der Waals surface area contributed by atoms with Crippen molar-refractivity contribution in [2.24, 2.45) is 0 Å². The number of ether oxygens (including phenoxy) is 11. The molecule has 15 nitrogen and oxygen atoms in total. The Morgan fingerprint density at radius 3 is 1.41 bits per heavy atom. The zero-order chi connectivity index (χ0) is 49.0. The molecule has 4 atom stereocenters. The van der Waals surface area contributed by atoms with Crippen molar-refractivity contribution in [3.05, 3.63) is 100 Å². The summed E-state index contributed by atoms with van der Waals surface area (Å²) in [4.78, 5) is 25.7. The van der Waals surface area contributed by atoms with Crippen molar-refractivity contribution in [1.29, 1.82) is 0 Å². The molecule has 0 radical (unpaired) electrons. The third-order valence-corrected chi connectivity index (χ3v) is 13.8. The molecule has 0 saturated heterocycles. The maximum Gasteiger partial charge on any atom is 0.331 e. The van der Waals surface area contributed by atoms with Crippen LogP contribution in [0.25, 0.3) is 0 Å². The van der Waals surface area contributed by atoms with Crippen LogP contribution >= 0.6 is 0 Å². The maximum absolute atomic E-state index is 12.9. The number of hydrogen-bond acceptors (Lipinski definition) is 13. The van der Waals surface area contributed by atoms with E-state index in [1.165, 1.54) is 11.1 Å². The molecule has 15 heteroatoms. The molecule has 0 saturated carbocycles. The van der Waals surface area contributed by atoms with Gasteiger partial charge in [0.15, 0.2) is 46.0 Å². The van der Waals surface area contributed by atoms with Gasteiger partial charge < -0.3 is 61.1 Å². The number of methoxy groups -OCH3 is 9. The normalized spacial score (nSPS) is 19.5. The monoisotopic (exact) mass is 942 g/mol. The van der Waals surface area contributed by atoms with E-state index in [-0.39, 0.29) is 25.3 Å². The van der Waals surface area contributed by atoms with E-state index in [1.54, 1.807) is 64.0 Å². The van der Waals surface area contributed by atoms with Gasteiger partial charge in [0, 0.05) is 56.2 Å². The smallest absolute Gasteiger partial charge is 0.331 e. The fourth-order valence-electron chi connectivity index (χ4n) is 10.1. The van der Waals surface area contributed by atoms with Crippen LogP contribution in [0.3, 0.4) is 0 Å². The van der Waals surface area contributed by atoms with Crippen LogP contribution in [0, 0.1) is 0 Å². The van der Waals surface area contributed by atoms with E-state index in [9.17, 15) is 9.59 Å². The number of quaternary nitrogens is 2. The molecular weight excluding hydrogens is 873 g/mol. The van der Waals surface area contributed by atoms with Crippen molar-refractivity contribution < 1.29 is 70.7 Å². The van der Waals surface area contributed by atoms with Crippen molar-refractivity contribution in [3.8, 4) is 51.7 Å². The van der Waals surface area contributed by atoms with E-state index in [0.717, 1.165) is 73.3 Å². The molecule has 0 aliphatic carbocycles. The van der Waals surface area contributed by atoms with Crippen LogP contribution in [0.15, 0.2) is 66.7 Å². The Morgan fingerprint density at radius 1 is 0.500 bits per heavy atom. The number of nitrogens with zero attached hydrogens (tertiary/aromatic N) is 2. The van der Waals surface area contributed by atoms with Crippen LogP contribution in [0.5, 0.6) is 51.7 Å². The van der Waals surface area contributed by atoms with Crippen LogP contribution in [-0.4, -0.2) is 138 Å². The molecule has 2 aliphatic heterocycles. The first-order valence-electron chi connectivity index (χ1n) is 23.0. The second-order valence-corrected chi connectivity index (χ2v) is 17.7. The lowest BCUT2D eigenvalue weighted by Crippen LogP contribution is -2.52. The largest absolute Gasteiger partial charge is 0.493 e. The van der Waals surface area contributed by atoms with Crippen molar-refractivity contribution in [1.82, 2.24) is 0 Å². The van der Waals surface area contributed by atoms with Crippen molar-refractivity contribution >= 4 is 11.9 Å². The highest BCUT2D eigenvalue weighted by molar-refractivity contribution is 5.91. The number of likely N-dealkylation sites (N-methyl/N-ethyl adjacent to an activating group) is 2. The molecule has 6 rings (SSSR count). The Kier molecular flexibility index (Phi) is 17.4. The molecule has 0 spiro atoms. The van der Waals surface area contributed by atoms with Gasteiger partial charge in [-0.3, -0.25) is 0 Å². The topological polar surface area (TPSA) is 136 Å². The summed E-state index contributed by atoms with van der Waals surface area (Å²) in [6.45, 7) is 3.53. The quantitative estimate of drug-likeness (QED) is 0.0316. The standard InChI is InChI=1S/C53H70N2O13/c1-54(24-20-37-32-46(62-7)47(63-8)34-39(37)40(54)28-35-14-16-42(58-3)44(30-35)60-5)22-12-26-67-49(56)18-19-50(57)68-27-13-23-55(2)25-21-38-33-48(64-9)52(65-10)53(66-11)51(38)41(55)29-36-15-17-43(59-4)45(31-36)61-6/h14-19,30-34,40-41H,12-13,20-29H2,1-11H3/q+2/b19-18-. The van der Waals surface area contributed by atoms with E-state index in [4.69, 9.17) is 52.1 Å². The second-order valence-electron chi connectivity index (χ2n) is 17.7. The molecule has 0 N–H and O–H groups in total. The minimum absolute atomic E-state index is 0.0524. The predicted molar refractivity (Wildman–Crippen MR) is 257 cm³/mol. The van der Waals surface area contributed by atoms with Crippen molar-refractivity contribution in [3.63, 3.8) is 0 Å². The van der Waals surface area contributed by atoms with Gasteiger partial charge in [-0.1, -0.05) is 12.1 Å². The first-order chi connectivity index (χ1) is 32.8. The highest BCUT2D eigenvalue weighted by Gasteiger charge is 2.43. The zero-order valence-corrected chi connectivity index (χ0v) is 41.7. The molecule has 368 valence electrons. The average molecular weight is 943 g/mol. The molecule has 2 aliphatic rings. The summed E-state index contributed by atoms with van der Waals surface area (Å²) >= 11 is 0. The Morgan fingerprint density at radius 2 is 0.926 bits per heavy atom. The number of carbonyl (C=O) groups is 2. The highest BCUT2D eigenvalue weighted by Crippen LogP contribution is 2.51. The van der Waals surface area contributed by atoms with Gasteiger partial charge in [-0.25, -0.2) is 9.59 Å². The summed E-state index contributed by atoms with van der Waals surface area (Å²) in [6.07, 6.45) is 6.51. The minimum Gasteiger partial charge on any atom is -0.493 e. The van der Waals surface area contributed by atoms with Crippen LogP contribution in [-0.2, 0) is 44.7 Å². The molecule has 2 heterocycles. The van der Waals surface area contributed by atoms with Gasteiger partial charge in [0.05, 0.1) is 123 Å². The van der Waals surface area contributed by atoms with Gasteiger partial charge in [-0.15, -0.1) is 0 Å². The number of hydrogen-bond donors (Lipinski definition) is 0. The van der Waals surface area contributed by atoms with Gasteiger partial charge in [0.25, 0.3) is 0 Å². The third-order valence-electron chi connectivity index (χ3n) is 13.8. The van der Waals surface area contributed by atoms with Gasteiger partial charge in [0.1, 0.15) is 12.1 Å². The average Bonchev–Trinajstić information content (AvgIpc) is 3.36. The summed E-state index contributed by atoms with van der Waals surface area (Å²) in [6, 6.07) is 18.2. The van der Waals surface area contributed by atoms with Gasteiger partial charge >= 0.3 is 11.9 Å².